The van der Waals surface area contributed by atoms with Crippen molar-refractivity contribution in [1.29, 1.82) is 0 Å². The molecule has 0 bridgehead atoms. The number of anilines is 1. The number of fused-ring (bicyclic) bond motifs is 3. The normalized spacial score (nSPS) is 16.4. The number of benzene rings is 2. The summed E-state index contributed by atoms with van der Waals surface area (Å²) in [7, 11) is 3.84. The largest absolute Gasteiger partial charge is 0.317 e. The van der Waals surface area contributed by atoms with Gasteiger partial charge in [0.1, 0.15) is 6.54 Å². The average molecular weight is 505 g/mol. The minimum atomic E-state index is -0.0318. The first-order valence-corrected chi connectivity index (χ1v) is 10.4. The van der Waals surface area contributed by atoms with Gasteiger partial charge in [-0.15, -0.1) is 0 Å². The zero-order chi connectivity index (χ0) is 19.8. The van der Waals surface area contributed by atoms with E-state index in [-0.39, 0.29) is 12.5 Å². The highest BCUT2D eigenvalue weighted by Crippen LogP contribution is 2.32. The minimum Gasteiger partial charge on any atom is -0.317 e. The van der Waals surface area contributed by atoms with Crippen molar-refractivity contribution in [1.82, 2.24) is 9.91 Å². The minimum absolute atomic E-state index is 0.0318. The number of rotatable bonds is 3. The lowest BCUT2D eigenvalue weighted by molar-refractivity contribution is -0.131. The van der Waals surface area contributed by atoms with E-state index in [1.54, 1.807) is 0 Å². The van der Waals surface area contributed by atoms with Gasteiger partial charge in [0, 0.05) is 20.1 Å². The molecule has 0 radical (unpaired) electrons. The molecule has 0 aromatic heterocycles. The van der Waals surface area contributed by atoms with Crippen molar-refractivity contribution in [2.24, 2.45) is 10.1 Å². The number of hydrogen-bond donors (Lipinski definition) is 0. The van der Waals surface area contributed by atoms with Crippen LogP contribution in [0, 0.1) is 0 Å². The molecule has 2 aliphatic rings. The number of hydrogen-bond acceptors (Lipinski definition) is 5. The zero-order valence-corrected chi connectivity index (χ0v) is 18.7. The maximum atomic E-state index is 12.7. The van der Waals surface area contributed by atoms with Crippen LogP contribution in [0.3, 0.4) is 0 Å². The summed E-state index contributed by atoms with van der Waals surface area (Å²) in [6, 6.07) is 14.1. The molecule has 2 aliphatic heterocycles. The maximum absolute atomic E-state index is 12.7. The molecule has 1 amide bonds. The first kappa shape index (κ1) is 19.3. The first-order chi connectivity index (χ1) is 13.4. The molecule has 2 aromatic rings. The lowest BCUT2D eigenvalue weighted by atomic mass is 10.00. The van der Waals surface area contributed by atoms with Crippen molar-refractivity contribution in [3.05, 3.63) is 62.5 Å². The molecule has 4 rings (SSSR count). The van der Waals surface area contributed by atoms with Gasteiger partial charge in [0.05, 0.1) is 24.6 Å². The molecular weight excluding hydrogens is 486 g/mol. The summed E-state index contributed by atoms with van der Waals surface area (Å²) in [5.74, 6) is 0.739. The van der Waals surface area contributed by atoms with Crippen LogP contribution >= 0.6 is 31.9 Å². The van der Waals surface area contributed by atoms with Crippen LogP contribution in [0.25, 0.3) is 0 Å². The summed E-state index contributed by atoms with van der Waals surface area (Å²) < 4.78 is 1.94. The number of nitrogens with zero attached hydrogens (tertiary/aromatic N) is 5. The fraction of sp³-hybridized carbons (Fsp3) is 0.250. The van der Waals surface area contributed by atoms with Crippen molar-refractivity contribution in [2.45, 2.75) is 0 Å². The van der Waals surface area contributed by atoms with Gasteiger partial charge in [0.15, 0.2) is 5.84 Å². The topological polar surface area (TPSA) is 51.5 Å². The molecule has 28 heavy (non-hydrogen) atoms. The Labute approximate surface area is 180 Å². The summed E-state index contributed by atoms with van der Waals surface area (Å²) in [6.07, 6.45) is 0. The predicted octanol–water partition coefficient (Wildman–Crippen LogP) is 3.54. The molecule has 2 heterocycles. The monoisotopic (exact) mass is 503 g/mol. The highest BCUT2D eigenvalue weighted by Gasteiger charge is 2.32. The number of amidine groups is 1. The number of amides is 1. The van der Waals surface area contributed by atoms with E-state index in [4.69, 9.17) is 4.99 Å². The average Bonchev–Trinajstić information content (AvgIpc) is 2.79. The smallest absolute Gasteiger partial charge is 0.263 e. The molecular formula is C20H19Br2N5O. The van der Waals surface area contributed by atoms with Gasteiger partial charge in [-0.2, -0.15) is 5.10 Å². The number of aliphatic imine (C=N–C) groups is 1. The van der Waals surface area contributed by atoms with Gasteiger partial charge < -0.3 is 4.90 Å². The van der Waals surface area contributed by atoms with E-state index < -0.39 is 0 Å². The van der Waals surface area contributed by atoms with Gasteiger partial charge >= 0.3 is 0 Å². The molecule has 0 N–H and O–H groups in total. The van der Waals surface area contributed by atoms with Crippen LogP contribution in [0.5, 0.6) is 0 Å². The van der Waals surface area contributed by atoms with Crippen molar-refractivity contribution in [3.63, 3.8) is 0 Å². The lowest BCUT2D eigenvalue weighted by Gasteiger charge is -2.33. The van der Waals surface area contributed by atoms with Gasteiger partial charge in [0.2, 0.25) is 0 Å². The van der Waals surface area contributed by atoms with Gasteiger partial charge in [-0.3, -0.25) is 14.7 Å². The van der Waals surface area contributed by atoms with E-state index in [1.807, 2.05) is 66.4 Å². The second-order valence-corrected chi connectivity index (χ2v) is 8.69. The lowest BCUT2D eigenvalue weighted by Crippen LogP contribution is -2.50. The van der Waals surface area contributed by atoms with Gasteiger partial charge in [0.25, 0.3) is 5.91 Å². The Morgan fingerprint density at radius 1 is 1.11 bits per heavy atom. The molecule has 0 atom stereocenters. The van der Waals surface area contributed by atoms with Gasteiger partial charge in [-0.25, -0.2) is 5.01 Å². The second kappa shape index (κ2) is 7.77. The van der Waals surface area contributed by atoms with E-state index in [0.29, 0.717) is 13.2 Å². The number of carbonyl (C=O) groups excluding carboxylic acids is 1. The summed E-state index contributed by atoms with van der Waals surface area (Å²) in [5, 5.41) is 6.13. The zero-order valence-electron chi connectivity index (χ0n) is 15.6. The van der Waals surface area contributed by atoms with Crippen LogP contribution < -0.4 is 4.90 Å². The Bertz CT molecular complexity index is 1000. The Balaban J connectivity index is 1.86. The molecule has 8 heteroatoms. The third-order valence-corrected chi connectivity index (χ3v) is 5.74. The number of halogens is 2. The summed E-state index contributed by atoms with van der Waals surface area (Å²) >= 11 is 7.22. The Morgan fingerprint density at radius 2 is 1.89 bits per heavy atom. The molecule has 0 fully saturated rings. The second-order valence-electron chi connectivity index (χ2n) is 6.92. The molecule has 2 aromatic carbocycles. The van der Waals surface area contributed by atoms with E-state index in [1.165, 1.54) is 5.01 Å². The van der Waals surface area contributed by atoms with Gasteiger partial charge in [-0.05, 0) is 38.4 Å². The van der Waals surface area contributed by atoms with Crippen LogP contribution in [0.15, 0.2) is 61.5 Å². The van der Waals surface area contributed by atoms with Crippen LogP contribution in [-0.2, 0) is 4.79 Å². The van der Waals surface area contributed by atoms with Gasteiger partial charge in [-0.1, -0.05) is 50.1 Å². The quantitative estimate of drug-likeness (QED) is 0.642. The van der Waals surface area contributed by atoms with Crippen molar-refractivity contribution < 1.29 is 4.79 Å². The molecule has 0 aliphatic carbocycles. The van der Waals surface area contributed by atoms with Crippen LogP contribution in [0.4, 0.5) is 5.69 Å². The van der Waals surface area contributed by atoms with E-state index in [0.717, 1.165) is 37.3 Å². The molecule has 0 unspecified atom stereocenters. The predicted molar refractivity (Wildman–Crippen MR) is 119 cm³/mol. The van der Waals surface area contributed by atoms with Crippen LogP contribution in [0.1, 0.15) is 11.1 Å². The Morgan fingerprint density at radius 3 is 2.64 bits per heavy atom. The van der Waals surface area contributed by atoms with Crippen molar-refractivity contribution >= 4 is 55.0 Å². The fourth-order valence-corrected chi connectivity index (χ4v) is 4.16. The Kier molecular flexibility index (Phi) is 5.35. The molecule has 6 nitrogen and oxygen atoms in total. The molecule has 0 saturated carbocycles. The number of carbonyl (C=O) groups is 1. The van der Waals surface area contributed by atoms with Crippen LogP contribution in [0.2, 0.25) is 0 Å². The van der Waals surface area contributed by atoms with E-state index in [2.05, 4.69) is 37.0 Å². The third kappa shape index (κ3) is 3.64. The highest BCUT2D eigenvalue weighted by molar-refractivity contribution is 9.10. The highest BCUT2D eigenvalue weighted by atomic mass is 79.9. The molecule has 144 valence electrons. The fourth-order valence-electron chi connectivity index (χ4n) is 3.33. The van der Waals surface area contributed by atoms with Crippen LogP contribution in [-0.4, -0.2) is 61.2 Å². The van der Waals surface area contributed by atoms with Crippen molar-refractivity contribution in [2.75, 3.05) is 38.8 Å². The molecule has 0 saturated heterocycles. The maximum Gasteiger partial charge on any atom is 0.263 e. The standard InChI is InChI=1S/C20H19Br2N5O/c1-25(2)12-27-19(28)11-26-17-8-7-13(21)9-15(17)20(23-10-18(26)24-27)14-5-3-4-6-16(14)22/h3-9H,10-12H2,1-2H3. The summed E-state index contributed by atoms with van der Waals surface area (Å²) in [6.45, 7) is 1.10. The first-order valence-electron chi connectivity index (χ1n) is 8.83. The van der Waals surface area contributed by atoms with Crippen molar-refractivity contribution in [3.8, 4) is 0 Å². The van der Waals surface area contributed by atoms with E-state index in [9.17, 15) is 4.79 Å². The van der Waals surface area contributed by atoms with E-state index >= 15 is 0 Å². The summed E-state index contributed by atoms with van der Waals surface area (Å²) in [5.41, 5.74) is 3.80. The SMILES string of the molecule is CN(C)CN1N=C2CN=C(c3ccccc3Br)c3cc(Br)ccc3N2CC1=O. The summed E-state index contributed by atoms with van der Waals surface area (Å²) in [4.78, 5) is 21.5. The number of hydrazone groups is 1. The molecule has 0 spiro atoms. The third-order valence-electron chi connectivity index (χ3n) is 4.56. The Hall–Kier alpha value is -2.03.